The minimum absolute atomic E-state index is 0.142. The highest BCUT2D eigenvalue weighted by atomic mass is 32.2. The molecule has 0 aliphatic heterocycles. The summed E-state index contributed by atoms with van der Waals surface area (Å²) in [5, 5.41) is 12.0. The van der Waals surface area contributed by atoms with Gasteiger partial charge in [-0.1, -0.05) is 42.1 Å². The first kappa shape index (κ1) is 21.4. The highest BCUT2D eigenvalue weighted by Crippen LogP contribution is 2.25. The summed E-state index contributed by atoms with van der Waals surface area (Å²) < 4.78 is 13.1. The fraction of sp³-hybridized carbons (Fsp3) is 0.227. The summed E-state index contributed by atoms with van der Waals surface area (Å²) in [5.41, 5.74) is 0.679. The van der Waals surface area contributed by atoms with Crippen LogP contribution in [0.1, 0.15) is 18.9 Å². The molecule has 0 bridgehead atoms. The van der Waals surface area contributed by atoms with Crippen molar-refractivity contribution < 1.29 is 14.3 Å². The molecule has 0 spiro atoms. The predicted molar refractivity (Wildman–Crippen MR) is 118 cm³/mol. The van der Waals surface area contributed by atoms with E-state index in [1.54, 1.807) is 19.3 Å². The first-order chi connectivity index (χ1) is 14.6. The number of benzene rings is 2. The number of aromatic nitrogens is 3. The van der Waals surface area contributed by atoms with Crippen molar-refractivity contribution >= 4 is 23.4 Å². The van der Waals surface area contributed by atoms with Crippen LogP contribution in [0.4, 0.5) is 5.69 Å². The van der Waals surface area contributed by atoms with Gasteiger partial charge in [0.2, 0.25) is 5.91 Å². The Hall–Kier alpha value is -3.26. The van der Waals surface area contributed by atoms with Gasteiger partial charge in [0.1, 0.15) is 11.5 Å². The second-order valence-corrected chi connectivity index (χ2v) is 7.32. The second kappa shape index (κ2) is 10.5. The molecule has 1 aromatic heterocycles. The molecule has 0 radical (unpaired) electrons. The number of allylic oxidation sites excluding steroid dienone is 1. The number of methoxy groups -OCH3 is 1. The van der Waals surface area contributed by atoms with Gasteiger partial charge in [-0.2, -0.15) is 0 Å². The Morgan fingerprint density at radius 1 is 1.20 bits per heavy atom. The van der Waals surface area contributed by atoms with Gasteiger partial charge in [0.25, 0.3) is 0 Å². The topological polar surface area (TPSA) is 78.3 Å². The molecule has 0 saturated carbocycles. The molecule has 3 rings (SSSR count). The number of amides is 1. The summed E-state index contributed by atoms with van der Waals surface area (Å²) in [4.78, 5) is 12.4. The SMILES string of the molecule is C=CCn1c(SCC(=O)Nc2cccc(OC)c2)nnc1C(C)Oc1ccccc1. The Morgan fingerprint density at radius 2 is 1.97 bits per heavy atom. The van der Waals surface area contributed by atoms with Gasteiger partial charge in [-0.3, -0.25) is 9.36 Å². The van der Waals surface area contributed by atoms with Crippen molar-refractivity contribution in [1.82, 2.24) is 14.8 Å². The number of carbonyl (C=O) groups excluding carboxylic acids is 1. The molecule has 1 heterocycles. The molecule has 0 fully saturated rings. The van der Waals surface area contributed by atoms with Crippen molar-refractivity contribution in [2.24, 2.45) is 0 Å². The lowest BCUT2D eigenvalue weighted by atomic mass is 10.3. The van der Waals surface area contributed by atoms with Gasteiger partial charge < -0.3 is 14.8 Å². The maximum atomic E-state index is 12.4. The second-order valence-electron chi connectivity index (χ2n) is 6.38. The number of nitrogens with one attached hydrogen (secondary N) is 1. The van der Waals surface area contributed by atoms with Crippen molar-refractivity contribution in [3.63, 3.8) is 0 Å². The molecule has 3 aromatic rings. The lowest BCUT2D eigenvalue weighted by molar-refractivity contribution is -0.113. The Labute approximate surface area is 180 Å². The number of hydrogen-bond donors (Lipinski definition) is 1. The van der Waals surface area contributed by atoms with Gasteiger partial charge in [-0.15, -0.1) is 16.8 Å². The molecular weight excluding hydrogens is 400 g/mol. The van der Waals surface area contributed by atoms with Crippen LogP contribution in [0.3, 0.4) is 0 Å². The molecule has 2 aromatic carbocycles. The largest absolute Gasteiger partial charge is 0.497 e. The molecule has 8 heteroatoms. The monoisotopic (exact) mass is 424 g/mol. The van der Waals surface area contributed by atoms with Crippen LogP contribution in [0.5, 0.6) is 11.5 Å². The summed E-state index contributed by atoms with van der Waals surface area (Å²) in [5.74, 6) is 2.17. The highest BCUT2D eigenvalue weighted by Gasteiger charge is 2.19. The van der Waals surface area contributed by atoms with Crippen LogP contribution >= 0.6 is 11.8 Å². The first-order valence-electron chi connectivity index (χ1n) is 9.43. The lowest BCUT2D eigenvalue weighted by Crippen LogP contribution is -2.15. The van der Waals surface area contributed by atoms with Crippen LogP contribution < -0.4 is 14.8 Å². The van der Waals surface area contributed by atoms with E-state index in [1.807, 2.05) is 60.0 Å². The summed E-state index contributed by atoms with van der Waals surface area (Å²) in [6.45, 7) is 6.25. The third-order valence-corrected chi connectivity index (χ3v) is 5.13. The smallest absolute Gasteiger partial charge is 0.234 e. The average Bonchev–Trinajstić information content (AvgIpc) is 3.16. The standard InChI is InChI=1S/C22H24N4O3S/c1-4-13-26-21(16(2)29-18-10-6-5-7-11-18)24-25-22(26)30-15-20(27)23-17-9-8-12-19(14-17)28-3/h4-12,14,16H,1,13,15H2,2-3H3,(H,23,27). The summed E-state index contributed by atoms with van der Waals surface area (Å²) in [7, 11) is 1.59. The van der Waals surface area contributed by atoms with Crippen LogP contribution in [0, 0.1) is 0 Å². The average molecular weight is 425 g/mol. The van der Waals surface area contributed by atoms with Crippen molar-refractivity contribution in [1.29, 1.82) is 0 Å². The lowest BCUT2D eigenvalue weighted by Gasteiger charge is -2.15. The molecule has 0 aliphatic rings. The van der Waals surface area contributed by atoms with Gasteiger partial charge >= 0.3 is 0 Å². The van der Waals surface area contributed by atoms with Crippen LogP contribution in [-0.2, 0) is 11.3 Å². The molecule has 0 aliphatic carbocycles. The quantitative estimate of drug-likeness (QED) is 0.385. The van der Waals surface area contributed by atoms with Crippen molar-refractivity contribution in [3.8, 4) is 11.5 Å². The third-order valence-electron chi connectivity index (χ3n) is 4.16. The molecule has 1 N–H and O–H groups in total. The Kier molecular flexibility index (Phi) is 7.51. The number of ether oxygens (including phenoxy) is 2. The van der Waals surface area contributed by atoms with E-state index in [4.69, 9.17) is 9.47 Å². The van der Waals surface area contributed by atoms with Crippen LogP contribution in [0.25, 0.3) is 0 Å². The summed E-state index contributed by atoms with van der Waals surface area (Å²) >= 11 is 1.31. The number of anilines is 1. The Bertz CT molecular complexity index is 991. The number of thioether (sulfide) groups is 1. The van der Waals surface area contributed by atoms with Crippen LogP contribution in [0.2, 0.25) is 0 Å². The van der Waals surface area contributed by atoms with Crippen LogP contribution in [-0.4, -0.2) is 33.5 Å². The van der Waals surface area contributed by atoms with Gasteiger partial charge in [-0.05, 0) is 31.2 Å². The first-order valence-corrected chi connectivity index (χ1v) is 10.4. The number of hydrogen-bond acceptors (Lipinski definition) is 6. The Balaban J connectivity index is 1.65. The number of nitrogens with zero attached hydrogens (tertiary/aromatic N) is 3. The van der Waals surface area contributed by atoms with Gasteiger partial charge in [-0.25, -0.2) is 0 Å². The van der Waals surface area contributed by atoms with E-state index in [9.17, 15) is 4.79 Å². The molecule has 30 heavy (non-hydrogen) atoms. The van der Waals surface area contributed by atoms with E-state index < -0.39 is 0 Å². The van der Waals surface area contributed by atoms with E-state index in [0.717, 1.165) is 5.75 Å². The van der Waals surface area contributed by atoms with Crippen molar-refractivity contribution in [2.75, 3.05) is 18.2 Å². The maximum Gasteiger partial charge on any atom is 0.234 e. The van der Waals surface area contributed by atoms with E-state index in [2.05, 4.69) is 22.1 Å². The number of rotatable bonds is 10. The zero-order valence-corrected chi connectivity index (χ0v) is 17.8. The van der Waals surface area contributed by atoms with E-state index in [-0.39, 0.29) is 17.8 Å². The third kappa shape index (κ3) is 5.64. The van der Waals surface area contributed by atoms with Crippen molar-refractivity contribution in [2.45, 2.75) is 24.7 Å². The molecule has 0 saturated heterocycles. The minimum atomic E-state index is -0.306. The molecule has 7 nitrogen and oxygen atoms in total. The van der Waals surface area contributed by atoms with E-state index in [1.165, 1.54) is 11.8 Å². The fourth-order valence-corrected chi connectivity index (χ4v) is 3.55. The molecular formula is C22H24N4O3S. The van der Waals surface area contributed by atoms with E-state index in [0.29, 0.717) is 29.0 Å². The van der Waals surface area contributed by atoms with Crippen molar-refractivity contribution in [3.05, 3.63) is 73.1 Å². The number of para-hydroxylation sites is 1. The molecule has 1 amide bonds. The molecule has 1 atom stereocenters. The minimum Gasteiger partial charge on any atom is -0.497 e. The summed E-state index contributed by atoms with van der Waals surface area (Å²) in [6.07, 6.45) is 1.46. The summed E-state index contributed by atoms with van der Waals surface area (Å²) in [6, 6.07) is 16.8. The molecule has 1 unspecified atom stereocenters. The van der Waals surface area contributed by atoms with Gasteiger partial charge in [0.15, 0.2) is 17.1 Å². The van der Waals surface area contributed by atoms with Gasteiger partial charge in [0, 0.05) is 18.3 Å². The predicted octanol–water partition coefficient (Wildman–Crippen LogP) is 4.34. The zero-order valence-electron chi connectivity index (χ0n) is 16.9. The zero-order chi connectivity index (χ0) is 21.3. The van der Waals surface area contributed by atoms with Gasteiger partial charge in [0.05, 0.1) is 12.9 Å². The fourth-order valence-electron chi connectivity index (χ4n) is 2.79. The molecule has 156 valence electrons. The Morgan fingerprint density at radius 3 is 2.70 bits per heavy atom. The highest BCUT2D eigenvalue weighted by molar-refractivity contribution is 7.99. The maximum absolute atomic E-state index is 12.4. The normalized spacial score (nSPS) is 11.5. The van der Waals surface area contributed by atoms with Crippen LogP contribution in [0.15, 0.2) is 72.4 Å². The number of carbonyl (C=O) groups is 1. The van der Waals surface area contributed by atoms with E-state index >= 15 is 0 Å².